The van der Waals surface area contributed by atoms with Crippen LogP contribution in [0.2, 0.25) is 0 Å². The van der Waals surface area contributed by atoms with Crippen molar-refractivity contribution >= 4 is 49.9 Å². The summed E-state index contributed by atoms with van der Waals surface area (Å²) >= 11 is 1.51. The second-order valence-electron chi connectivity index (χ2n) is 8.13. The fraction of sp³-hybridized carbons (Fsp3) is 0.261. The molecule has 2 aromatic heterocycles. The third kappa shape index (κ3) is 3.01. The Morgan fingerprint density at radius 1 is 1.30 bits per heavy atom. The summed E-state index contributed by atoms with van der Waals surface area (Å²) in [5, 5.41) is 3.92. The number of fused-ring (bicyclic) bond motifs is 5. The number of rotatable bonds is 2. The number of nitrogen functional groups attached to an aromatic ring is 1. The van der Waals surface area contributed by atoms with E-state index in [4.69, 9.17) is 15.2 Å². The van der Waals surface area contributed by atoms with E-state index in [0.29, 0.717) is 42.2 Å². The number of carbonyl (C=O) groups excluding carboxylic acids is 1. The van der Waals surface area contributed by atoms with Crippen molar-refractivity contribution in [3.05, 3.63) is 52.3 Å². The van der Waals surface area contributed by atoms with Gasteiger partial charge >= 0.3 is 0 Å². The van der Waals surface area contributed by atoms with Crippen LogP contribution in [0, 0.1) is 5.82 Å². The smallest absolute Gasteiger partial charge is 0.275 e. The lowest BCUT2D eigenvalue weighted by atomic mass is 10.00. The van der Waals surface area contributed by atoms with Gasteiger partial charge < -0.3 is 15.2 Å². The summed E-state index contributed by atoms with van der Waals surface area (Å²) in [4.78, 5) is 22.2. The summed E-state index contributed by atoms with van der Waals surface area (Å²) in [5.74, 6) is -0.145. The highest BCUT2D eigenvalue weighted by Gasteiger charge is 2.30. The average molecular weight is 466 g/mol. The van der Waals surface area contributed by atoms with Crippen LogP contribution in [-0.2, 0) is 11.3 Å². The molecule has 1 atom stereocenters. The molecule has 0 saturated heterocycles. The number of amides is 1. The fourth-order valence-electron chi connectivity index (χ4n) is 4.60. The Balaban J connectivity index is 1.42. The maximum Gasteiger partial charge on any atom is 0.275 e. The molecule has 0 aliphatic carbocycles. The molecule has 8 nitrogen and oxygen atoms in total. The second-order valence-corrected chi connectivity index (χ2v) is 9.02. The number of thiazole rings is 1. The summed E-state index contributed by atoms with van der Waals surface area (Å²) < 4.78 is 27.6. The zero-order valence-electron chi connectivity index (χ0n) is 18.0. The number of hydrazine groups is 1. The molecule has 4 aromatic rings. The molecule has 168 valence electrons. The third-order valence-corrected chi connectivity index (χ3v) is 7.07. The number of pyridine rings is 1. The van der Waals surface area contributed by atoms with E-state index in [1.54, 1.807) is 23.6 Å². The molecule has 2 aliphatic rings. The van der Waals surface area contributed by atoms with E-state index in [1.807, 2.05) is 19.1 Å². The minimum Gasteiger partial charge on any atom is -0.489 e. The number of ether oxygens (including phenoxy) is 2. The van der Waals surface area contributed by atoms with E-state index in [0.717, 1.165) is 27.0 Å². The van der Waals surface area contributed by atoms with Crippen LogP contribution in [-0.4, -0.2) is 41.1 Å². The molecule has 0 radical (unpaired) electrons. The fourth-order valence-corrected chi connectivity index (χ4v) is 5.29. The number of hydrogen-bond donors (Lipinski definition) is 1. The summed E-state index contributed by atoms with van der Waals surface area (Å²) in [6, 6.07) is 6.64. The van der Waals surface area contributed by atoms with Gasteiger partial charge in [-0.15, -0.1) is 11.3 Å². The molecule has 0 spiro atoms. The molecule has 0 saturated carbocycles. The van der Waals surface area contributed by atoms with Gasteiger partial charge in [-0.3, -0.25) is 14.8 Å². The lowest BCUT2D eigenvalue weighted by Crippen LogP contribution is -2.48. The van der Waals surface area contributed by atoms with Crippen LogP contribution in [0.25, 0.3) is 21.1 Å². The van der Waals surface area contributed by atoms with Gasteiger partial charge in [-0.2, -0.15) is 0 Å². The first-order chi connectivity index (χ1) is 15.9. The van der Waals surface area contributed by atoms with Gasteiger partial charge in [0.2, 0.25) is 0 Å². The van der Waals surface area contributed by atoms with Crippen molar-refractivity contribution in [2.45, 2.75) is 19.6 Å². The SMILES string of the molecule is C[C@H]1OCc2c1c(N)nc1cc(F)c(C(=O)N(C)N3CCOc4cc5ncsc5cc43)cc21. The largest absolute Gasteiger partial charge is 0.489 e. The Hall–Kier alpha value is -3.50. The molecule has 0 fully saturated rings. The Morgan fingerprint density at radius 3 is 3.00 bits per heavy atom. The minimum atomic E-state index is -0.649. The average Bonchev–Trinajstić information content (AvgIpc) is 3.42. The predicted molar refractivity (Wildman–Crippen MR) is 124 cm³/mol. The summed E-state index contributed by atoms with van der Waals surface area (Å²) in [7, 11) is 1.63. The van der Waals surface area contributed by atoms with Gasteiger partial charge in [-0.05, 0) is 24.6 Å². The third-order valence-electron chi connectivity index (χ3n) is 6.27. The second kappa shape index (κ2) is 7.26. The van der Waals surface area contributed by atoms with E-state index in [1.165, 1.54) is 22.4 Å². The molecule has 0 bridgehead atoms. The first-order valence-electron chi connectivity index (χ1n) is 10.5. The van der Waals surface area contributed by atoms with Gasteiger partial charge in [0.25, 0.3) is 5.91 Å². The first-order valence-corrected chi connectivity index (χ1v) is 11.4. The Bertz CT molecular complexity index is 1460. The standard InChI is InChI=1S/C23H20FN5O3S/c1-11-21-14(9-32-11)12-5-13(15(24)6-16(12)27-22(21)25)23(30)28(2)29-3-4-31-19-7-17-20(8-18(19)29)33-10-26-17/h5-8,10-11H,3-4,9H2,1-2H3,(H2,25,27)/t11-/m1/s1. The number of aromatic nitrogens is 2. The quantitative estimate of drug-likeness (QED) is 0.477. The number of carbonyl (C=O) groups is 1. The van der Waals surface area contributed by atoms with Gasteiger partial charge in [-0.1, -0.05) is 0 Å². The zero-order chi connectivity index (χ0) is 22.9. The first kappa shape index (κ1) is 20.1. The molecule has 4 heterocycles. The molecular weight excluding hydrogens is 445 g/mol. The van der Waals surface area contributed by atoms with E-state index >= 15 is 4.39 Å². The summed E-state index contributed by atoms with van der Waals surface area (Å²) in [6.07, 6.45) is -0.197. The van der Waals surface area contributed by atoms with Crippen LogP contribution < -0.4 is 15.5 Å². The Kier molecular flexibility index (Phi) is 4.43. The van der Waals surface area contributed by atoms with Gasteiger partial charge in [-0.25, -0.2) is 14.4 Å². The number of anilines is 2. The number of benzene rings is 2. The van der Waals surface area contributed by atoms with Crippen molar-refractivity contribution in [3.8, 4) is 5.75 Å². The van der Waals surface area contributed by atoms with Crippen molar-refractivity contribution in [1.82, 2.24) is 15.0 Å². The topological polar surface area (TPSA) is 93.8 Å². The molecular formula is C23H20FN5O3S. The van der Waals surface area contributed by atoms with Crippen molar-refractivity contribution in [1.29, 1.82) is 0 Å². The Morgan fingerprint density at radius 2 is 2.15 bits per heavy atom. The molecule has 1 amide bonds. The van der Waals surface area contributed by atoms with Crippen LogP contribution in [0.1, 0.15) is 34.5 Å². The molecule has 2 aliphatic heterocycles. The molecule has 2 aromatic carbocycles. The molecule has 0 unspecified atom stereocenters. The van der Waals surface area contributed by atoms with Gasteiger partial charge in [0.15, 0.2) is 0 Å². The van der Waals surface area contributed by atoms with Crippen LogP contribution >= 0.6 is 11.3 Å². The van der Waals surface area contributed by atoms with Crippen molar-refractivity contribution in [2.75, 3.05) is 30.9 Å². The molecule has 33 heavy (non-hydrogen) atoms. The van der Waals surface area contributed by atoms with Gasteiger partial charge in [0.1, 0.15) is 29.7 Å². The summed E-state index contributed by atoms with van der Waals surface area (Å²) in [6.45, 7) is 3.09. The lowest BCUT2D eigenvalue weighted by Gasteiger charge is -2.37. The maximum atomic E-state index is 15.1. The molecule has 2 N–H and O–H groups in total. The summed E-state index contributed by atoms with van der Waals surface area (Å²) in [5.41, 5.74) is 11.5. The van der Waals surface area contributed by atoms with Crippen LogP contribution in [0.3, 0.4) is 0 Å². The van der Waals surface area contributed by atoms with Crippen molar-refractivity contribution < 1.29 is 18.7 Å². The zero-order valence-corrected chi connectivity index (χ0v) is 18.8. The van der Waals surface area contributed by atoms with Crippen LogP contribution in [0.5, 0.6) is 5.75 Å². The number of nitrogens with zero attached hydrogens (tertiary/aromatic N) is 4. The number of nitrogens with two attached hydrogens (primary N) is 1. The van der Waals surface area contributed by atoms with E-state index in [9.17, 15) is 4.79 Å². The highest BCUT2D eigenvalue weighted by atomic mass is 32.1. The minimum absolute atomic E-state index is 0.0368. The van der Waals surface area contributed by atoms with Crippen molar-refractivity contribution in [2.24, 2.45) is 0 Å². The number of hydrogen-bond acceptors (Lipinski definition) is 8. The normalized spacial score (nSPS) is 17.2. The van der Waals surface area contributed by atoms with E-state index in [2.05, 4.69) is 9.97 Å². The van der Waals surface area contributed by atoms with Crippen LogP contribution in [0.4, 0.5) is 15.9 Å². The highest BCUT2D eigenvalue weighted by molar-refractivity contribution is 7.16. The highest BCUT2D eigenvalue weighted by Crippen LogP contribution is 2.40. The lowest BCUT2D eigenvalue weighted by molar-refractivity contribution is 0.0759. The number of halogens is 1. The van der Waals surface area contributed by atoms with Gasteiger partial charge in [0.05, 0.1) is 46.1 Å². The monoisotopic (exact) mass is 465 g/mol. The predicted octanol–water partition coefficient (Wildman–Crippen LogP) is 4.04. The van der Waals surface area contributed by atoms with Crippen LogP contribution in [0.15, 0.2) is 29.8 Å². The van der Waals surface area contributed by atoms with E-state index in [-0.39, 0.29) is 11.7 Å². The van der Waals surface area contributed by atoms with E-state index < -0.39 is 11.7 Å². The molecule has 10 heteroatoms. The van der Waals surface area contributed by atoms with Gasteiger partial charge in [0, 0.05) is 30.1 Å². The maximum absolute atomic E-state index is 15.1. The Labute approximate surface area is 192 Å². The van der Waals surface area contributed by atoms with Crippen molar-refractivity contribution in [3.63, 3.8) is 0 Å². The molecule has 6 rings (SSSR count).